The van der Waals surface area contributed by atoms with Crippen LogP contribution >= 0.6 is 11.6 Å². The van der Waals surface area contributed by atoms with Gasteiger partial charge in [-0.15, -0.1) is 0 Å². The van der Waals surface area contributed by atoms with Crippen LogP contribution in [0.1, 0.15) is 56.0 Å². The average molecular weight is 544 g/mol. The van der Waals surface area contributed by atoms with Crippen molar-refractivity contribution in [2.45, 2.75) is 57.5 Å². The molecule has 6 nitrogen and oxygen atoms in total. The van der Waals surface area contributed by atoms with Gasteiger partial charge in [0.25, 0.3) is 5.91 Å². The van der Waals surface area contributed by atoms with Gasteiger partial charge >= 0.3 is 0 Å². The first-order valence-corrected chi connectivity index (χ1v) is 13.3. The van der Waals surface area contributed by atoms with Crippen molar-refractivity contribution in [1.82, 2.24) is 10.6 Å². The Morgan fingerprint density at radius 3 is 2.55 bits per heavy atom. The maximum absolute atomic E-state index is 14.2. The summed E-state index contributed by atoms with van der Waals surface area (Å²) in [5.41, 5.74) is 0.760. The number of nitrogens with one attached hydrogen (secondary N) is 3. The first-order chi connectivity index (χ1) is 18.3. The average Bonchev–Trinajstić information content (AvgIpc) is 3.40. The first kappa shape index (κ1) is 27.6. The smallest absolute Gasteiger partial charge is 0.287 e. The normalized spacial score (nSPS) is 15.5. The third-order valence-corrected chi connectivity index (χ3v) is 7.09. The molecule has 1 saturated carbocycles. The Bertz CT molecular complexity index is 1260. The summed E-state index contributed by atoms with van der Waals surface area (Å²) in [7, 11) is 0. The predicted octanol–water partition coefficient (Wildman–Crippen LogP) is 6.56. The van der Waals surface area contributed by atoms with Gasteiger partial charge in [0.1, 0.15) is 17.6 Å². The molecule has 1 unspecified atom stereocenters. The Balaban J connectivity index is 1.41. The van der Waals surface area contributed by atoms with Crippen molar-refractivity contribution in [3.05, 3.63) is 77.0 Å². The highest BCUT2D eigenvalue weighted by Crippen LogP contribution is 2.28. The van der Waals surface area contributed by atoms with E-state index in [1.165, 1.54) is 30.7 Å². The highest BCUT2D eigenvalue weighted by Gasteiger charge is 2.28. The van der Waals surface area contributed by atoms with Gasteiger partial charge in [0.05, 0.1) is 10.7 Å². The SMILES string of the molecule is C[C@@H](CNc1cccc(Cl)c1F)NC(=O)C(CC1CCCCC1)NC(=O)c1ccc(-c2cccc(F)c2)o1. The number of carbonyl (C=O) groups excluding carboxylic acids is 2. The van der Waals surface area contributed by atoms with Crippen molar-refractivity contribution in [3.63, 3.8) is 0 Å². The van der Waals surface area contributed by atoms with Crippen LogP contribution < -0.4 is 16.0 Å². The molecule has 3 N–H and O–H groups in total. The highest BCUT2D eigenvalue weighted by molar-refractivity contribution is 6.31. The quantitative estimate of drug-likeness (QED) is 0.270. The van der Waals surface area contributed by atoms with Crippen LogP contribution in [0.25, 0.3) is 11.3 Å². The summed E-state index contributed by atoms with van der Waals surface area (Å²) >= 11 is 5.84. The number of halogens is 3. The topological polar surface area (TPSA) is 83.4 Å². The number of rotatable bonds is 10. The summed E-state index contributed by atoms with van der Waals surface area (Å²) in [6, 6.07) is 12.6. The minimum absolute atomic E-state index is 0.0143. The molecular formula is C29H32ClF2N3O3. The summed E-state index contributed by atoms with van der Waals surface area (Å²) < 4.78 is 33.5. The Morgan fingerprint density at radius 1 is 1.03 bits per heavy atom. The molecule has 2 aromatic carbocycles. The van der Waals surface area contributed by atoms with E-state index in [1.807, 2.05) is 0 Å². The lowest BCUT2D eigenvalue weighted by atomic mass is 9.84. The van der Waals surface area contributed by atoms with E-state index in [0.29, 0.717) is 23.7 Å². The van der Waals surface area contributed by atoms with Crippen LogP contribution in [-0.2, 0) is 4.79 Å². The van der Waals surface area contributed by atoms with E-state index in [0.717, 1.165) is 25.7 Å². The molecule has 1 aliphatic carbocycles. The second-order valence-electron chi connectivity index (χ2n) is 9.83. The van der Waals surface area contributed by atoms with Crippen LogP contribution in [-0.4, -0.2) is 30.4 Å². The van der Waals surface area contributed by atoms with E-state index in [4.69, 9.17) is 16.0 Å². The fourth-order valence-electron chi connectivity index (χ4n) is 4.77. The molecule has 2 atom stereocenters. The van der Waals surface area contributed by atoms with Crippen molar-refractivity contribution in [1.29, 1.82) is 0 Å². The van der Waals surface area contributed by atoms with Gasteiger partial charge in [0.2, 0.25) is 5.91 Å². The Kier molecular flexibility index (Phi) is 9.39. The van der Waals surface area contributed by atoms with Crippen LogP contribution in [0, 0.1) is 17.6 Å². The van der Waals surface area contributed by atoms with Crippen LogP contribution in [0.2, 0.25) is 5.02 Å². The van der Waals surface area contributed by atoms with Gasteiger partial charge in [0, 0.05) is 18.2 Å². The maximum atomic E-state index is 14.2. The zero-order chi connectivity index (χ0) is 27.1. The molecule has 3 aromatic rings. The number of anilines is 1. The van der Waals surface area contributed by atoms with Gasteiger partial charge in [-0.1, -0.05) is 61.9 Å². The number of carbonyl (C=O) groups is 2. The van der Waals surface area contributed by atoms with E-state index in [9.17, 15) is 18.4 Å². The Labute approximate surface area is 226 Å². The molecule has 1 fully saturated rings. The van der Waals surface area contributed by atoms with Crippen molar-refractivity contribution >= 4 is 29.1 Å². The van der Waals surface area contributed by atoms with Gasteiger partial charge in [-0.3, -0.25) is 9.59 Å². The molecule has 0 saturated heterocycles. The second-order valence-corrected chi connectivity index (χ2v) is 10.2. The summed E-state index contributed by atoms with van der Waals surface area (Å²) in [5, 5.41) is 8.74. The predicted molar refractivity (Wildman–Crippen MR) is 144 cm³/mol. The van der Waals surface area contributed by atoms with E-state index < -0.39 is 23.6 Å². The Hall–Kier alpha value is -3.39. The van der Waals surface area contributed by atoms with Crippen LogP contribution in [0.15, 0.2) is 59.0 Å². The molecule has 1 aliphatic rings. The Morgan fingerprint density at radius 2 is 1.79 bits per heavy atom. The molecular weight excluding hydrogens is 512 g/mol. The van der Waals surface area contributed by atoms with Crippen LogP contribution in [0.3, 0.4) is 0 Å². The summed E-state index contributed by atoms with van der Waals surface area (Å²) in [6.45, 7) is 2.06. The van der Waals surface area contributed by atoms with Crippen LogP contribution in [0.5, 0.6) is 0 Å². The molecule has 2 amide bonds. The van der Waals surface area contributed by atoms with Gasteiger partial charge in [-0.2, -0.15) is 0 Å². The molecule has 38 heavy (non-hydrogen) atoms. The van der Waals surface area contributed by atoms with E-state index >= 15 is 0 Å². The molecule has 0 radical (unpaired) electrons. The van der Waals surface area contributed by atoms with Crippen LogP contribution in [0.4, 0.5) is 14.5 Å². The summed E-state index contributed by atoms with van der Waals surface area (Å²) in [4.78, 5) is 26.3. The third kappa shape index (κ3) is 7.34. The van der Waals surface area contributed by atoms with Gasteiger partial charge < -0.3 is 20.4 Å². The van der Waals surface area contributed by atoms with Crippen molar-refractivity contribution in [2.24, 2.45) is 5.92 Å². The second kappa shape index (κ2) is 12.9. The number of furan rings is 1. The number of hydrogen-bond donors (Lipinski definition) is 3. The fourth-order valence-corrected chi connectivity index (χ4v) is 4.95. The first-order valence-electron chi connectivity index (χ1n) is 12.9. The van der Waals surface area contributed by atoms with Crippen molar-refractivity contribution in [2.75, 3.05) is 11.9 Å². The largest absolute Gasteiger partial charge is 0.451 e. The molecule has 0 spiro atoms. The lowest BCUT2D eigenvalue weighted by Crippen LogP contribution is -2.51. The molecule has 9 heteroatoms. The molecule has 0 bridgehead atoms. The lowest BCUT2D eigenvalue weighted by Gasteiger charge is -2.27. The molecule has 202 valence electrons. The standard InChI is InChI=1S/C29H32ClF2N3O3/c1-18(17-33-23-12-6-11-22(30)27(23)32)34-28(36)24(15-19-7-3-2-4-8-19)35-29(37)26-14-13-25(38-26)20-9-5-10-21(31)16-20/h5-6,9-14,16,18-19,24,33H,2-4,7-8,15,17H2,1H3,(H,34,36)(H,35,37)/t18-,24?/m0/s1. The van der Waals surface area contributed by atoms with Crippen molar-refractivity contribution in [3.8, 4) is 11.3 Å². The monoisotopic (exact) mass is 543 g/mol. The lowest BCUT2D eigenvalue weighted by molar-refractivity contribution is -0.124. The summed E-state index contributed by atoms with van der Waals surface area (Å²) in [5.74, 6) is -1.07. The van der Waals surface area contributed by atoms with Gasteiger partial charge in [0.15, 0.2) is 11.6 Å². The molecule has 0 aliphatic heterocycles. The number of hydrogen-bond acceptors (Lipinski definition) is 4. The molecule has 4 rings (SSSR count). The van der Waals surface area contributed by atoms with E-state index in [-0.39, 0.29) is 35.0 Å². The fraction of sp³-hybridized carbons (Fsp3) is 0.379. The van der Waals surface area contributed by atoms with Gasteiger partial charge in [-0.25, -0.2) is 8.78 Å². The highest BCUT2D eigenvalue weighted by atomic mass is 35.5. The molecule has 1 aromatic heterocycles. The van der Waals surface area contributed by atoms with E-state index in [2.05, 4.69) is 16.0 Å². The van der Waals surface area contributed by atoms with Gasteiger partial charge in [-0.05, 0) is 55.7 Å². The zero-order valence-corrected chi connectivity index (χ0v) is 22.0. The number of benzene rings is 2. The number of amides is 2. The molecule has 1 heterocycles. The third-order valence-electron chi connectivity index (χ3n) is 6.79. The van der Waals surface area contributed by atoms with Crippen molar-refractivity contribution < 1.29 is 22.8 Å². The zero-order valence-electron chi connectivity index (χ0n) is 21.2. The minimum atomic E-state index is -0.765. The minimum Gasteiger partial charge on any atom is -0.451 e. The summed E-state index contributed by atoms with van der Waals surface area (Å²) in [6.07, 6.45) is 5.92. The maximum Gasteiger partial charge on any atom is 0.287 e. The van der Waals surface area contributed by atoms with E-state index in [1.54, 1.807) is 37.3 Å².